The first-order valence-corrected chi connectivity index (χ1v) is 8.69. The van der Waals surface area contributed by atoms with E-state index < -0.39 is 0 Å². The van der Waals surface area contributed by atoms with Gasteiger partial charge in [0.1, 0.15) is 5.75 Å². The summed E-state index contributed by atoms with van der Waals surface area (Å²) in [6.45, 7) is 3.44. The molecule has 0 radical (unpaired) electrons. The molecule has 138 valence electrons. The second kappa shape index (κ2) is 9.36. The normalized spacial score (nSPS) is 14.8. The van der Waals surface area contributed by atoms with Crippen molar-refractivity contribution in [2.75, 3.05) is 38.7 Å². The molecule has 2 amide bonds. The standard InChI is InChI=1S/C17H24ClN3O4/c1-3-25-17(23)21-8-6-13(7-9-21)20-16(22)11-19-14-10-12(18)4-5-15(14)24-2/h4-5,10,13,19H,3,6-9,11H2,1-2H3,(H,20,22). The highest BCUT2D eigenvalue weighted by Crippen LogP contribution is 2.27. The Morgan fingerprint density at radius 1 is 1.32 bits per heavy atom. The highest BCUT2D eigenvalue weighted by molar-refractivity contribution is 6.30. The number of carbonyl (C=O) groups is 2. The summed E-state index contributed by atoms with van der Waals surface area (Å²) in [5.74, 6) is 0.511. The molecule has 0 saturated carbocycles. The fraction of sp³-hybridized carbons (Fsp3) is 0.529. The lowest BCUT2D eigenvalue weighted by Gasteiger charge is -2.31. The Morgan fingerprint density at radius 3 is 2.68 bits per heavy atom. The summed E-state index contributed by atoms with van der Waals surface area (Å²) in [4.78, 5) is 25.5. The Labute approximate surface area is 152 Å². The van der Waals surface area contributed by atoms with E-state index in [1.807, 2.05) is 0 Å². The van der Waals surface area contributed by atoms with Crippen molar-refractivity contribution in [1.82, 2.24) is 10.2 Å². The molecule has 25 heavy (non-hydrogen) atoms. The van der Waals surface area contributed by atoms with Crippen LogP contribution in [0.15, 0.2) is 18.2 Å². The van der Waals surface area contributed by atoms with Gasteiger partial charge in [0, 0.05) is 24.2 Å². The Bertz CT molecular complexity index is 604. The van der Waals surface area contributed by atoms with Crippen LogP contribution in [0.2, 0.25) is 5.02 Å². The van der Waals surface area contributed by atoms with E-state index in [1.165, 1.54) is 0 Å². The van der Waals surface area contributed by atoms with Crippen LogP contribution in [0.1, 0.15) is 19.8 Å². The summed E-state index contributed by atoms with van der Waals surface area (Å²) in [5, 5.41) is 6.58. The van der Waals surface area contributed by atoms with Crippen molar-refractivity contribution in [2.45, 2.75) is 25.8 Å². The number of nitrogens with zero attached hydrogens (tertiary/aromatic N) is 1. The number of piperidine rings is 1. The lowest BCUT2D eigenvalue weighted by molar-refractivity contribution is -0.120. The fourth-order valence-corrected chi connectivity index (χ4v) is 2.87. The van der Waals surface area contributed by atoms with Gasteiger partial charge < -0.3 is 25.0 Å². The maximum Gasteiger partial charge on any atom is 0.409 e. The van der Waals surface area contributed by atoms with Gasteiger partial charge in [-0.25, -0.2) is 4.79 Å². The molecule has 0 bridgehead atoms. The first-order chi connectivity index (χ1) is 12.0. The van der Waals surface area contributed by atoms with Crippen molar-refractivity contribution in [1.29, 1.82) is 0 Å². The summed E-state index contributed by atoms with van der Waals surface area (Å²) in [7, 11) is 1.56. The molecular weight excluding hydrogens is 346 g/mol. The van der Waals surface area contributed by atoms with E-state index in [-0.39, 0.29) is 24.6 Å². The quantitative estimate of drug-likeness (QED) is 0.805. The Hall–Kier alpha value is -2.15. The second-order valence-electron chi connectivity index (χ2n) is 5.73. The van der Waals surface area contributed by atoms with Gasteiger partial charge in [-0.15, -0.1) is 0 Å². The number of likely N-dealkylation sites (tertiary alicyclic amines) is 1. The smallest absolute Gasteiger partial charge is 0.409 e. The van der Waals surface area contributed by atoms with Crippen LogP contribution in [0.3, 0.4) is 0 Å². The summed E-state index contributed by atoms with van der Waals surface area (Å²) >= 11 is 5.97. The van der Waals surface area contributed by atoms with Crippen molar-refractivity contribution < 1.29 is 19.1 Å². The van der Waals surface area contributed by atoms with Crippen molar-refractivity contribution in [2.24, 2.45) is 0 Å². The maximum absolute atomic E-state index is 12.1. The zero-order valence-electron chi connectivity index (χ0n) is 14.5. The minimum atomic E-state index is -0.290. The fourth-order valence-electron chi connectivity index (χ4n) is 2.69. The van der Waals surface area contributed by atoms with E-state index in [0.29, 0.717) is 49.0 Å². The molecular formula is C17H24ClN3O4. The van der Waals surface area contributed by atoms with Crippen LogP contribution in [-0.4, -0.2) is 56.3 Å². The molecule has 1 aromatic rings. The third-order valence-corrected chi connectivity index (χ3v) is 4.22. The van der Waals surface area contributed by atoms with Gasteiger partial charge >= 0.3 is 6.09 Å². The topological polar surface area (TPSA) is 79.9 Å². The van der Waals surface area contributed by atoms with Gasteiger partial charge in [-0.3, -0.25) is 4.79 Å². The maximum atomic E-state index is 12.1. The van der Waals surface area contributed by atoms with Crippen LogP contribution in [0.25, 0.3) is 0 Å². The summed E-state index contributed by atoms with van der Waals surface area (Å²) in [6.07, 6.45) is 1.14. The average molecular weight is 370 g/mol. The highest BCUT2D eigenvalue weighted by Gasteiger charge is 2.24. The molecule has 2 rings (SSSR count). The molecule has 1 aliphatic heterocycles. The largest absolute Gasteiger partial charge is 0.495 e. The molecule has 1 fully saturated rings. The van der Waals surface area contributed by atoms with Crippen LogP contribution in [0, 0.1) is 0 Å². The minimum Gasteiger partial charge on any atom is -0.495 e. The van der Waals surface area contributed by atoms with Gasteiger partial charge in [0.25, 0.3) is 0 Å². The first kappa shape index (κ1) is 19.2. The Morgan fingerprint density at radius 2 is 2.04 bits per heavy atom. The number of anilines is 1. The van der Waals surface area contributed by atoms with Crippen LogP contribution in [-0.2, 0) is 9.53 Å². The molecule has 7 nitrogen and oxygen atoms in total. The molecule has 0 atom stereocenters. The Balaban J connectivity index is 1.76. The predicted octanol–water partition coefficient (Wildman–Crippen LogP) is 2.50. The van der Waals surface area contributed by atoms with E-state index in [4.69, 9.17) is 21.1 Å². The molecule has 1 saturated heterocycles. The molecule has 1 heterocycles. The zero-order valence-corrected chi connectivity index (χ0v) is 15.3. The highest BCUT2D eigenvalue weighted by atomic mass is 35.5. The molecule has 2 N–H and O–H groups in total. The van der Waals surface area contributed by atoms with E-state index in [9.17, 15) is 9.59 Å². The van der Waals surface area contributed by atoms with Gasteiger partial charge in [-0.1, -0.05) is 11.6 Å². The van der Waals surface area contributed by atoms with E-state index >= 15 is 0 Å². The first-order valence-electron chi connectivity index (χ1n) is 8.32. The van der Waals surface area contributed by atoms with Gasteiger partial charge in [0.05, 0.1) is 25.9 Å². The third kappa shape index (κ3) is 5.70. The number of hydrogen-bond donors (Lipinski definition) is 2. The molecule has 0 spiro atoms. The zero-order chi connectivity index (χ0) is 18.2. The monoisotopic (exact) mass is 369 g/mol. The summed E-state index contributed by atoms with van der Waals surface area (Å²) in [6, 6.07) is 5.24. The molecule has 8 heteroatoms. The van der Waals surface area contributed by atoms with Crippen molar-refractivity contribution in [3.8, 4) is 5.75 Å². The molecule has 0 unspecified atom stereocenters. The van der Waals surface area contributed by atoms with Crippen LogP contribution in [0.5, 0.6) is 5.75 Å². The van der Waals surface area contributed by atoms with E-state index in [0.717, 1.165) is 0 Å². The summed E-state index contributed by atoms with van der Waals surface area (Å²) in [5.41, 5.74) is 0.669. The second-order valence-corrected chi connectivity index (χ2v) is 6.16. The lowest BCUT2D eigenvalue weighted by Crippen LogP contribution is -2.47. The van der Waals surface area contributed by atoms with Gasteiger partial charge in [0.2, 0.25) is 5.91 Å². The number of carbonyl (C=O) groups excluding carboxylic acids is 2. The van der Waals surface area contributed by atoms with Crippen molar-refractivity contribution in [3.63, 3.8) is 0 Å². The predicted molar refractivity (Wildman–Crippen MR) is 96.3 cm³/mol. The average Bonchev–Trinajstić information content (AvgIpc) is 2.61. The number of halogens is 1. The Kier molecular flexibility index (Phi) is 7.18. The van der Waals surface area contributed by atoms with Crippen LogP contribution >= 0.6 is 11.6 Å². The van der Waals surface area contributed by atoms with Crippen molar-refractivity contribution >= 4 is 29.3 Å². The number of nitrogens with one attached hydrogen (secondary N) is 2. The van der Waals surface area contributed by atoms with Gasteiger partial charge in [-0.05, 0) is 38.0 Å². The number of methoxy groups -OCH3 is 1. The number of amides is 2. The third-order valence-electron chi connectivity index (χ3n) is 3.99. The lowest BCUT2D eigenvalue weighted by atomic mass is 10.1. The van der Waals surface area contributed by atoms with Gasteiger partial charge in [-0.2, -0.15) is 0 Å². The SMILES string of the molecule is CCOC(=O)N1CCC(NC(=O)CNc2cc(Cl)ccc2OC)CC1. The van der Waals surface area contributed by atoms with E-state index in [1.54, 1.807) is 37.1 Å². The van der Waals surface area contributed by atoms with Crippen molar-refractivity contribution in [3.05, 3.63) is 23.2 Å². The number of ether oxygens (including phenoxy) is 2. The number of rotatable bonds is 6. The van der Waals surface area contributed by atoms with E-state index in [2.05, 4.69) is 10.6 Å². The van der Waals surface area contributed by atoms with Crippen LogP contribution < -0.4 is 15.4 Å². The van der Waals surface area contributed by atoms with Gasteiger partial charge in [0.15, 0.2) is 0 Å². The molecule has 0 aliphatic carbocycles. The number of benzene rings is 1. The minimum absolute atomic E-state index is 0.0567. The van der Waals surface area contributed by atoms with Crippen LogP contribution in [0.4, 0.5) is 10.5 Å². The molecule has 0 aromatic heterocycles. The molecule has 1 aliphatic rings. The summed E-state index contributed by atoms with van der Waals surface area (Å²) < 4.78 is 10.2. The number of hydrogen-bond acceptors (Lipinski definition) is 5. The molecule has 1 aromatic carbocycles.